The van der Waals surface area contributed by atoms with Gasteiger partial charge in [0.1, 0.15) is 6.04 Å². The van der Waals surface area contributed by atoms with E-state index in [4.69, 9.17) is 39.9 Å². The highest BCUT2D eigenvalue weighted by Gasteiger charge is 2.36. The van der Waals surface area contributed by atoms with Crippen LogP contribution in [0.15, 0.2) is 83.2 Å². The minimum absolute atomic E-state index is 0.289. The molecule has 4 aromatic rings. The summed E-state index contributed by atoms with van der Waals surface area (Å²) in [6, 6.07) is 19.9. The number of carbonyl (C=O) groups excluding carboxylic acids is 1. The van der Waals surface area contributed by atoms with Crippen LogP contribution in [0.2, 0.25) is 15.1 Å². The highest BCUT2D eigenvalue weighted by atomic mass is 35.5. The number of hydrogen-bond donors (Lipinski definition) is 2. The Morgan fingerprint density at radius 1 is 1.00 bits per heavy atom. The number of allylic oxidation sites excluding steroid dienone is 1. The third-order valence-electron chi connectivity index (χ3n) is 5.94. The number of thioether (sulfide) groups is 1. The molecule has 1 aliphatic rings. The lowest BCUT2D eigenvalue weighted by atomic mass is 9.94. The first-order valence-corrected chi connectivity index (χ1v) is 13.6. The number of amides is 1. The average molecular weight is 571 g/mol. The second-order valence-corrected chi connectivity index (χ2v) is 10.7. The van der Waals surface area contributed by atoms with Crippen LogP contribution in [0.25, 0.3) is 0 Å². The van der Waals surface area contributed by atoms with Gasteiger partial charge in [-0.25, -0.2) is 4.68 Å². The van der Waals surface area contributed by atoms with Gasteiger partial charge in [-0.3, -0.25) is 4.79 Å². The van der Waals surface area contributed by atoms with E-state index in [2.05, 4.69) is 15.6 Å². The van der Waals surface area contributed by atoms with Crippen molar-refractivity contribution in [3.63, 3.8) is 0 Å². The van der Waals surface area contributed by atoms with Crippen LogP contribution in [-0.4, -0.2) is 20.7 Å². The van der Waals surface area contributed by atoms with E-state index in [1.165, 1.54) is 11.8 Å². The lowest BCUT2D eigenvalue weighted by molar-refractivity contribution is -0.113. The lowest BCUT2D eigenvalue weighted by Gasteiger charge is -2.29. The van der Waals surface area contributed by atoms with Crippen LogP contribution in [0.1, 0.15) is 29.7 Å². The van der Waals surface area contributed by atoms with E-state index in [1.54, 1.807) is 22.9 Å². The maximum absolute atomic E-state index is 13.7. The van der Waals surface area contributed by atoms with Gasteiger partial charge in [-0.15, -0.1) is 5.10 Å². The first-order valence-electron chi connectivity index (χ1n) is 11.4. The number of benzene rings is 3. The van der Waals surface area contributed by atoms with E-state index >= 15 is 0 Å². The molecule has 1 aromatic heterocycles. The molecule has 1 atom stereocenters. The van der Waals surface area contributed by atoms with Crippen LogP contribution in [0, 0.1) is 6.92 Å². The van der Waals surface area contributed by atoms with Gasteiger partial charge in [0.15, 0.2) is 0 Å². The molecule has 0 bridgehead atoms. The van der Waals surface area contributed by atoms with Crippen molar-refractivity contribution in [1.29, 1.82) is 0 Å². The predicted molar refractivity (Wildman–Crippen MR) is 152 cm³/mol. The molecule has 188 valence electrons. The summed E-state index contributed by atoms with van der Waals surface area (Å²) < 4.78 is 1.67. The number of nitrogens with one attached hydrogen (secondary N) is 2. The van der Waals surface area contributed by atoms with Gasteiger partial charge < -0.3 is 10.6 Å². The Hall–Kier alpha value is -2.97. The molecule has 1 aliphatic heterocycles. The van der Waals surface area contributed by atoms with Crippen molar-refractivity contribution in [2.24, 2.45) is 0 Å². The maximum Gasteiger partial charge on any atom is 0.255 e. The minimum Gasteiger partial charge on any atom is -0.328 e. The van der Waals surface area contributed by atoms with Crippen molar-refractivity contribution < 1.29 is 4.79 Å². The SMILES string of the molecule is CC1=C(C(=O)Nc2cccc(C)c2)C(c2c(Cl)cccc2Cl)n2nc(SCc3ccccc3Cl)nc2N1. The summed E-state index contributed by atoms with van der Waals surface area (Å²) in [5.74, 6) is 0.795. The molecule has 1 unspecified atom stereocenters. The molecule has 0 radical (unpaired) electrons. The van der Waals surface area contributed by atoms with E-state index < -0.39 is 6.04 Å². The van der Waals surface area contributed by atoms with Crippen molar-refractivity contribution in [1.82, 2.24) is 14.8 Å². The summed E-state index contributed by atoms with van der Waals surface area (Å²) in [7, 11) is 0. The first kappa shape index (κ1) is 25.7. The Labute approximate surface area is 234 Å². The van der Waals surface area contributed by atoms with Crippen LogP contribution in [0.5, 0.6) is 0 Å². The highest BCUT2D eigenvalue weighted by Crippen LogP contribution is 2.42. The van der Waals surface area contributed by atoms with Crippen LogP contribution in [0.4, 0.5) is 11.6 Å². The summed E-state index contributed by atoms with van der Waals surface area (Å²) in [4.78, 5) is 18.4. The van der Waals surface area contributed by atoms with Gasteiger partial charge >= 0.3 is 0 Å². The molecule has 5 rings (SSSR count). The summed E-state index contributed by atoms with van der Waals surface area (Å²) in [6.07, 6.45) is 0. The Kier molecular flexibility index (Phi) is 7.49. The fourth-order valence-electron chi connectivity index (χ4n) is 4.20. The molecule has 10 heteroatoms. The number of rotatable bonds is 6. The van der Waals surface area contributed by atoms with Gasteiger partial charge in [-0.1, -0.05) is 83.0 Å². The van der Waals surface area contributed by atoms with Crippen molar-refractivity contribution in [2.45, 2.75) is 30.8 Å². The summed E-state index contributed by atoms with van der Waals surface area (Å²) in [5.41, 5.74) is 4.36. The quantitative estimate of drug-likeness (QED) is 0.232. The largest absolute Gasteiger partial charge is 0.328 e. The van der Waals surface area contributed by atoms with E-state index in [9.17, 15) is 4.79 Å². The zero-order chi connectivity index (χ0) is 26.1. The van der Waals surface area contributed by atoms with E-state index in [0.29, 0.717) is 54.4 Å². The molecule has 2 heterocycles. The molecule has 2 N–H and O–H groups in total. The van der Waals surface area contributed by atoms with Crippen LogP contribution in [0.3, 0.4) is 0 Å². The molecule has 1 amide bonds. The number of aromatic nitrogens is 3. The third kappa shape index (κ3) is 5.36. The number of anilines is 2. The Morgan fingerprint density at radius 3 is 2.43 bits per heavy atom. The van der Waals surface area contributed by atoms with Crippen molar-refractivity contribution in [3.05, 3.63) is 110 Å². The first-order chi connectivity index (χ1) is 17.8. The fourth-order valence-corrected chi connectivity index (χ4v) is 5.92. The molecule has 0 spiro atoms. The zero-order valence-electron chi connectivity index (χ0n) is 19.9. The normalized spacial score (nSPS) is 14.8. The maximum atomic E-state index is 13.7. The number of halogens is 3. The lowest BCUT2D eigenvalue weighted by Crippen LogP contribution is -2.32. The topological polar surface area (TPSA) is 71.8 Å². The molecule has 37 heavy (non-hydrogen) atoms. The summed E-state index contributed by atoms with van der Waals surface area (Å²) >= 11 is 21.1. The van der Waals surface area contributed by atoms with Gasteiger partial charge in [-0.05, 0) is 55.3 Å². The molecular weight excluding hydrogens is 549 g/mol. The molecule has 0 saturated carbocycles. The fraction of sp³-hybridized carbons (Fsp3) is 0.148. The van der Waals surface area contributed by atoms with E-state index in [1.807, 2.05) is 62.4 Å². The number of fused-ring (bicyclic) bond motifs is 1. The van der Waals surface area contributed by atoms with Crippen molar-refractivity contribution in [3.8, 4) is 0 Å². The van der Waals surface area contributed by atoms with E-state index in [0.717, 1.165) is 11.1 Å². The van der Waals surface area contributed by atoms with Gasteiger partial charge in [0.25, 0.3) is 5.91 Å². The van der Waals surface area contributed by atoms with E-state index in [-0.39, 0.29) is 5.91 Å². The Balaban J connectivity index is 1.54. The van der Waals surface area contributed by atoms with Crippen molar-refractivity contribution in [2.75, 3.05) is 10.6 Å². The molecule has 0 aliphatic carbocycles. The number of aryl methyl sites for hydroxylation is 1. The number of hydrogen-bond acceptors (Lipinski definition) is 5. The molecular formula is C27H22Cl3N5OS. The average Bonchev–Trinajstić information content (AvgIpc) is 3.25. The molecule has 3 aromatic carbocycles. The Morgan fingerprint density at radius 2 is 1.70 bits per heavy atom. The standard InChI is InChI=1S/C27H22Cl3N5OS/c1-15-7-5-9-18(13-15)32-25(36)22-16(2)31-26-33-27(37-14-17-8-3-4-10-19(17)28)34-35(26)24(22)23-20(29)11-6-12-21(23)30/h3-13,24H,14H2,1-2H3,(H,32,36)(H,31,33,34). The van der Waals surface area contributed by atoms with Gasteiger partial charge in [0, 0.05) is 37.8 Å². The minimum atomic E-state index is -0.690. The van der Waals surface area contributed by atoms with Gasteiger partial charge in [0.05, 0.1) is 5.57 Å². The molecule has 6 nitrogen and oxygen atoms in total. The monoisotopic (exact) mass is 569 g/mol. The highest BCUT2D eigenvalue weighted by molar-refractivity contribution is 7.98. The number of carbonyl (C=O) groups is 1. The summed E-state index contributed by atoms with van der Waals surface area (Å²) in [6.45, 7) is 3.80. The van der Waals surface area contributed by atoms with Crippen LogP contribution < -0.4 is 10.6 Å². The molecule has 0 fully saturated rings. The van der Waals surface area contributed by atoms with Gasteiger partial charge in [0.2, 0.25) is 11.1 Å². The molecule has 0 saturated heterocycles. The third-order valence-corrected chi connectivity index (χ3v) is 7.86. The number of nitrogens with zero attached hydrogens (tertiary/aromatic N) is 3. The second-order valence-electron chi connectivity index (χ2n) is 8.57. The second kappa shape index (κ2) is 10.8. The zero-order valence-corrected chi connectivity index (χ0v) is 23.0. The van der Waals surface area contributed by atoms with Crippen molar-refractivity contribution >= 4 is 64.1 Å². The van der Waals surface area contributed by atoms with Crippen LogP contribution >= 0.6 is 46.6 Å². The summed E-state index contributed by atoms with van der Waals surface area (Å²) in [5, 5.41) is 13.1. The van der Waals surface area contributed by atoms with Gasteiger partial charge in [-0.2, -0.15) is 4.98 Å². The smallest absolute Gasteiger partial charge is 0.255 e. The predicted octanol–water partition coefficient (Wildman–Crippen LogP) is 7.77. The Bertz CT molecular complexity index is 1510. The van der Waals surface area contributed by atoms with Crippen LogP contribution in [-0.2, 0) is 10.5 Å².